The normalized spacial score (nSPS) is 21.0. The van der Waals surface area contributed by atoms with Gasteiger partial charge in [-0.1, -0.05) is 39.3 Å². The highest BCUT2D eigenvalue weighted by molar-refractivity contribution is 6.33. The molecule has 5 heteroatoms. The van der Waals surface area contributed by atoms with Crippen molar-refractivity contribution in [3.8, 4) is 0 Å². The summed E-state index contributed by atoms with van der Waals surface area (Å²) < 4.78 is 0. The van der Waals surface area contributed by atoms with Gasteiger partial charge in [-0.3, -0.25) is 0 Å². The van der Waals surface area contributed by atoms with Gasteiger partial charge >= 0.3 is 5.97 Å². The summed E-state index contributed by atoms with van der Waals surface area (Å²) >= 11 is 5.85. The van der Waals surface area contributed by atoms with E-state index < -0.39 is 5.97 Å². The molecule has 0 unspecified atom stereocenters. The van der Waals surface area contributed by atoms with Crippen LogP contribution >= 0.6 is 11.6 Å². The maximum atomic E-state index is 11.1. The van der Waals surface area contributed by atoms with Crippen molar-refractivity contribution < 1.29 is 9.90 Å². The van der Waals surface area contributed by atoms with Gasteiger partial charge in [0.25, 0.3) is 0 Å². The smallest absolute Gasteiger partial charge is 0.337 e. The van der Waals surface area contributed by atoms with Gasteiger partial charge in [0.1, 0.15) is 5.82 Å². The second kappa shape index (κ2) is 5.48. The number of hydrogen-bond donors (Lipinski definition) is 2. The summed E-state index contributed by atoms with van der Waals surface area (Å²) in [4.78, 5) is 15.3. The second-order valence-corrected chi connectivity index (χ2v) is 8.02. The minimum absolute atomic E-state index is 0.0866. The Morgan fingerprint density at radius 1 is 1.33 bits per heavy atom. The van der Waals surface area contributed by atoms with Crippen LogP contribution in [0.4, 0.5) is 5.82 Å². The van der Waals surface area contributed by atoms with Gasteiger partial charge in [0.15, 0.2) is 0 Å². The first-order valence-corrected chi connectivity index (χ1v) is 7.61. The number of rotatable bonds is 3. The minimum atomic E-state index is -1.03. The molecule has 0 bridgehead atoms. The van der Waals surface area contributed by atoms with Crippen molar-refractivity contribution in [1.29, 1.82) is 0 Å². The van der Waals surface area contributed by atoms with Crippen molar-refractivity contribution >= 4 is 23.4 Å². The summed E-state index contributed by atoms with van der Waals surface area (Å²) in [6, 6.07) is 1.80. The quantitative estimate of drug-likeness (QED) is 0.865. The summed E-state index contributed by atoms with van der Waals surface area (Å²) in [5, 5.41) is 12.7. The number of hydrogen-bond acceptors (Lipinski definition) is 3. The first kappa shape index (κ1) is 16.1. The van der Waals surface area contributed by atoms with E-state index in [1.807, 2.05) is 0 Å². The number of halogens is 1. The van der Waals surface area contributed by atoms with Crippen LogP contribution in [0, 0.1) is 10.8 Å². The van der Waals surface area contributed by atoms with Gasteiger partial charge in [-0.15, -0.1) is 0 Å². The van der Waals surface area contributed by atoms with Crippen LogP contribution < -0.4 is 5.32 Å². The molecule has 0 saturated heterocycles. The Hall–Kier alpha value is -1.29. The summed E-state index contributed by atoms with van der Waals surface area (Å²) in [5.74, 6) is -0.454. The van der Waals surface area contributed by atoms with E-state index in [4.69, 9.17) is 16.7 Å². The predicted molar refractivity (Wildman–Crippen MR) is 85.0 cm³/mol. The van der Waals surface area contributed by atoms with Gasteiger partial charge in [0.2, 0.25) is 0 Å². The van der Waals surface area contributed by atoms with Crippen molar-refractivity contribution in [1.82, 2.24) is 4.98 Å². The monoisotopic (exact) mass is 310 g/mol. The van der Waals surface area contributed by atoms with Crippen LogP contribution in [-0.4, -0.2) is 22.1 Å². The molecule has 1 saturated carbocycles. The number of nitrogens with zero attached hydrogens (tertiary/aromatic N) is 1. The minimum Gasteiger partial charge on any atom is -0.478 e. The Balaban J connectivity index is 2.18. The van der Waals surface area contributed by atoms with Crippen molar-refractivity contribution in [2.45, 2.75) is 53.0 Å². The highest BCUT2D eigenvalue weighted by Crippen LogP contribution is 2.46. The van der Waals surface area contributed by atoms with Gasteiger partial charge in [0.05, 0.1) is 10.6 Å². The molecule has 1 aromatic rings. The third-order valence-electron chi connectivity index (χ3n) is 3.99. The van der Waals surface area contributed by atoms with Gasteiger partial charge in [0, 0.05) is 12.2 Å². The van der Waals surface area contributed by atoms with Crippen LogP contribution in [0.5, 0.6) is 0 Å². The van der Waals surface area contributed by atoms with E-state index in [0.29, 0.717) is 11.9 Å². The van der Waals surface area contributed by atoms with Crippen molar-refractivity contribution in [2.24, 2.45) is 10.8 Å². The summed E-state index contributed by atoms with van der Waals surface area (Å²) in [6.45, 7) is 9.11. The molecule has 2 rings (SSSR count). The molecule has 4 nitrogen and oxygen atoms in total. The molecule has 1 heterocycles. The number of pyridine rings is 1. The van der Waals surface area contributed by atoms with Gasteiger partial charge in [-0.25, -0.2) is 9.78 Å². The Bertz CT molecular complexity index is 539. The lowest BCUT2D eigenvalue weighted by atomic mass is 9.63. The number of anilines is 1. The van der Waals surface area contributed by atoms with Crippen LogP contribution in [-0.2, 0) is 0 Å². The predicted octanol–water partition coefficient (Wildman–Crippen LogP) is 4.45. The number of carbonyl (C=O) groups is 1. The SMILES string of the molecule is CC1(C)CC(Nc2cc(C(=O)O)c(Cl)cn2)CC(C)(C)C1. The largest absolute Gasteiger partial charge is 0.478 e. The van der Waals surface area contributed by atoms with Gasteiger partial charge < -0.3 is 10.4 Å². The van der Waals surface area contributed by atoms with Crippen LogP contribution in [0.25, 0.3) is 0 Å². The van der Waals surface area contributed by atoms with Crippen molar-refractivity contribution in [3.05, 3.63) is 22.8 Å². The molecule has 116 valence electrons. The maximum Gasteiger partial charge on any atom is 0.337 e. The molecule has 2 N–H and O–H groups in total. The van der Waals surface area contributed by atoms with E-state index in [-0.39, 0.29) is 21.4 Å². The average molecular weight is 311 g/mol. The molecule has 1 aromatic heterocycles. The zero-order valence-electron chi connectivity index (χ0n) is 13.0. The zero-order valence-corrected chi connectivity index (χ0v) is 13.8. The lowest BCUT2D eigenvalue weighted by Gasteiger charge is -2.45. The Labute approximate surface area is 130 Å². The van der Waals surface area contributed by atoms with Crippen molar-refractivity contribution in [2.75, 3.05) is 5.32 Å². The molecule has 1 fully saturated rings. The molecule has 0 aliphatic heterocycles. The molecule has 0 aromatic carbocycles. The molecule has 21 heavy (non-hydrogen) atoms. The van der Waals surface area contributed by atoms with Crippen LogP contribution in [0.1, 0.15) is 57.3 Å². The molecular formula is C16H23ClN2O2. The van der Waals surface area contributed by atoms with Crippen LogP contribution in [0.15, 0.2) is 12.3 Å². The lowest BCUT2D eigenvalue weighted by molar-refractivity contribution is 0.0696. The molecule has 0 spiro atoms. The fourth-order valence-electron chi connectivity index (χ4n) is 3.84. The average Bonchev–Trinajstić information content (AvgIpc) is 2.27. The number of aromatic nitrogens is 1. The topological polar surface area (TPSA) is 62.2 Å². The fourth-order valence-corrected chi connectivity index (χ4v) is 4.02. The Morgan fingerprint density at radius 2 is 1.90 bits per heavy atom. The van der Waals surface area contributed by atoms with E-state index >= 15 is 0 Å². The fraction of sp³-hybridized carbons (Fsp3) is 0.625. The first-order valence-electron chi connectivity index (χ1n) is 7.23. The Morgan fingerprint density at radius 3 is 2.43 bits per heavy atom. The van der Waals surface area contributed by atoms with Crippen LogP contribution in [0.2, 0.25) is 5.02 Å². The number of aromatic carboxylic acids is 1. The maximum absolute atomic E-state index is 11.1. The van der Waals surface area contributed by atoms with E-state index in [9.17, 15) is 4.79 Å². The molecule has 0 atom stereocenters. The highest BCUT2D eigenvalue weighted by atomic mass is 35.5. The number of nitrogens with one attached hydrogen (secondary N) is 1. The molecule has 1 aliphatic carbocycles. The van der Waals surface area contributed by atoms with E-state index in [2.05, 4.69) is 38.0 Å². The Kier molecular flexibility index (Phi) is 4.20. The molecule has 0 radical (unpaired) electrons. The highest BCUT2D eigenvalue weighted by Gasteiger charge is 2.38. The van der Waals surface area contributed by atoms with E-state index in [1.54, 1.807) is 0 Å². The summed E-state index contributed by atoms with van der Waals surface area (Å²) in [7, 11) is 0. The van der Waals surface area contributed by atoms with Gasteiger partial charge in [-0.05, 0) is 36.2 Å². The number of carboxylic acids is 1. The summed E-state index contributed by atoms with van der Waals surface area (Å²) in [6.07, 6.45) is 4.67. The van der Waals surface area contributed by atoms with E-state index in [1.165, 1.54) is 18.7 Å². The molecule has 1 aliphatic rings. The van der Waals surface area contributed by atoms with E-state index in [0.717, 1.165) is 12.8 Å². The zero-order chi connectivity index (χ0) is 15.8. The van der Waals surface area contributed by atoms with Crippen LogP contribution in [0.3, 0.4) is 0 Å². The number of carboxylic acid groups (broad SMARTS) is 1. The van der Waals surface area contributed by atoms with Crippen molar-refractivity contribution in [3.63, 3.8) is 0 Å². The lowest BCUT2D eigenvalue weighted by Crippen LogP contribution is -2.40. The third kappa shape index (κ3) is 4.10. The second-order valence-electron chi connectivity index (χ2n) is 7.61. The summed E-state index contributed by atoms with van der Waals surface area (Å²) in [5.41, 5.74) is 0.617. The van der Waals surface area contributed by atoms with Gasteiger partial charge in [-0.2, -0.15) is 0 Å². The molecular weight excluding hydrogens is 288 g/mol. The molecule has 0 amide bonds. The standard InChI is InChI=1S/C16H23ClN2O2/c1-15(2)6-10(7-16(3,4)9-15)19-13-5-11(14(20)21)12(17)8-18-13/h5,8,10H,6-7,9H2,1-4H3,(H,18,19)(H,20,21). The third-order valence-corrected chi connectivity index (χ3v) is 4.29. The first-order chi connectivity index (χ1) is 9.58.